The Kier molecular flexibility index (Phi) is 4.54. The fraction of sp³-hybridized carbons (Fsp3) is 0.200. The summed E-state index contributed by atoms with van der Waals surface area (Å²) in [5.74, 6) is 0. The molecule has 130 valence electrons. The second-order valence-electron chi connectivity index (χ2n) is 6.39. The molecule has 0 bridgehead atoms. The van der Waals surface area contributed by atoms with Gasteiger partial charge in [0.25, 0.3) is 0 Å². The van der Waals surface area contributed by atoms with E-state index < -0.39 is 0 Å². The topological polar surface area (TPSA) is 51.6 Å². The van der Waals surface area contributed by atoms with Crippen LogP contribution in [0.1, 0.15) is 22.5 Å². The molecule has 0 fully saturated rings. The lowest BCUT2D eigenvalue weighted by atomic mass is 10.1. The molecule has 0 atom stereocenters. The molecule has 26 heavy (non-hydrogen) atoms. The third kappa shape index (κ3) is 3.39. The van der Waals surface area contributed by atoms with E-state index in [4.69, 9.17) is 0 Å². The van der Waals surface area contributed by atoms with Gasteiger partial charge in [-0.1, -0.05) is 23.3 Å². The van der Waals surface area contributed by atoms with Crippen molar-refractivity contribution in [2.45, 2.75) is 38.0 Å². The van der Waals surface area contributed by atoms with Crippen LogP contribution in [-0.4, -0.2) is 19.9 Å². The van der Waals surface area contributed by atoms with E-state index in [-0.39, 0.29) is 0 Å². The molecule has 2 aromatic carbocycles. The zero-order valence-electron chi connectivity index (χ0n) is 15.1. The number of hydrogen-bond donors (Lipinski definition) is 0. The highest BCUT2D eigenvalue weighted by atomic mass is 33.1. The second-order valence-corrected chi connectivity index (χ2v) is 8.45. The first kappa shape index (κ1) is 17.2. The van der Waals surface area contributed by atoms with Gasteiger partial charge in [0, 0.05) is 22.2 Å². The minimum absolute atomic E-state index is 0.731. The van der Waals surface area contributed by atoms with Gasteiger partial charge in [0.15, 0.2) is 10.3 Å². The summed E-state index contributed by atoms with van der Waals surface area (Å²) in [5, 5.41) is 3.67. The predicted molar refractivity (Wildman–Crippen MR) is 110 cm³/mol. The molecule has 0 radical (unpaired) electrons. The Hall–Kier alpha value is -2.18. The van der Waals surface area contributed by atoms with Crippen LogP contribution in [0.2, 0.25) is 0 Å². The average Bonchev–Trinajstić information content (AvgIpc) is 2.61. The van der Waals surface area contributed by atoms with Crippen LogP contribution in [0, 0.1) is 27.7 Å². The standard InChI is InChI=1S/C20H18N4S2/c1-11-5-7-17-15(9-11)13(3)21-19(23-17)25-26-20-22-14(4)16-10-12(2)6-8-18(16)24-20/h5-10H,1-4H3. The SMILES string of the molecule is Cc1ccc2nc(SSc3nc(C)c4cc(C)ccc4n3)nc(C)c2c1. The van der Waals surface area contributed by atoms with Gasteiger partial charge in [0.05, 0.1) is 11.0 Å². The van der Waals surface area contributed by atoms with Gasteiger partial charge < -0.3 is 0 Å². The first-order valence-corrected chi connectivity index (χ1v) is 10.5. The molecule has 0 aliphatic heterocycles. The molecule has 0 aliphatic rings. The normalized spacial score (nSPS) is 11.4. The Balaban J connectivity index is 1.63. The molecule has 4 rings (SSSR count). The minimum atomic E-state index is 0.731. The Morgan fingerprint density at radius 1 is 0.577 bits per heavy atom. The molecular formula is C20H18N4S2. The van der Waals surface area contributed by atoms with E-state index in [1.165, 1.54) is 32.7 Å². The second kappa shape index (κ2) is 6.85. The zero-order valence-corrected chi connectivity index (χ0v) is 16.7. The van der Waals surface area contributed by atoms with E-state index in [0.717, 1.165) is 43.5 Å². The lowest BCUT2D eigenvalue weighted by molar-refractivity contribution is 0.968. The van der Waals surface area contributed by atoms with Crippen molar-refractivity contribution in [3.63, 3.8) is 0 Å². The number of aromatic nitrogens is 4. The summed E-state index contributed by atoms with van der Waals surface area (Å²) in [6.07, 6.45) is 0. The van der Waals surface area contributed by atoms with Crippen molar-refractivity contribution < 1.29 is 0 Å². The van der Waals surface area contributed by atoms with Gasteiger partial charge in [-0.2, -0.15) is 0 Å². The number of hydrogen-bond acceptors (Lipinski definition) is 6. The third-order valence-corrected chi connectivity index (χ3v) is 6.12. The van der Waals surface area contributed by atoms with E-state index in [1.807, 2.05) is 26.0 Å². The van der Waals surface area contributed by atoms with Gasteiger partial charge in [-0.25, -0.2) is 19.9 Å². The largest absolute Gasteiger partial charge is 0.227 e. The molecule has 4 aromatic rings. The highest BCUT2D eigenvalue weighted by molar-refractivity contribution is 8.76. The number of rotatable bonds is 3. The maximum absolute atomic E-state index is 4.66. The van der Waals surface area contributed by atoms with Gasteiger partial charge >= 0.3 is 0 Å². The molecule has 4 nitrogen and oxygen atoms in total. The molecule has 0 saturated carbocycles. The number of fused-ring (bicyclic) bond motifs is 2. The Labute approximate surface area is 160 Å². The molecule has 0 saturated heterocycles. The fourth-order valence-electron chi connectivity index (χ4n) is 2.89. The van der Waals surface area contributed by atoms with Crippen molar-refractivity contribution in [3.05, 3.63) is 58.9 Å². The smallest absolute Gasteiger partial charge is 0.199 e. The molecule has 0 aliphatic carbocycles. The van der Waals surface area contributed by atoms with Crippen LogP contribution < -0.4 is 0 Å². The van der Waals surface area contributed by atoms with Crippen molar-refractivity contribution in [1.29, 1.82) is 0 Å². The number of benzene rings is 2. The summed E-state index contributed by atoms with van der Waals surface area (Å²) in [7, 11) is 2.99. The maximum atomic E-state index is 4.66. The molecular weight excluding hydrogens is 360 g/mol. The summed E-state index contributed by atoms with van der Waals surface area (Å²) < 4.78 is 0. The summed E-state index contributed by atoms with van der Waals surface area (Å²) in [6, 6.07) is 12.5. The third-order valence-electron chi connectivity index (χ3n) is 4.23. The van der Waals surface area contributed by atoms with E-state index >= 15 is 0 Å². The summed E-state index contributed by atoms with van der Waals surface area (Å²) >= 11 is 0. The van der Waals surface area contributed by atoms with Crippen LogP contribution in [0.3, 0.4) is 0 Å². The van der Waals surface area contributed by atoms with Crippen LogP contribution in [-0.2, 0) is 0 Å². The quantitative estimate of drug-likeness (QED) is 0.341. The van der Waals surface area contributed by atoms with Gasteiger partial charge in [-0.3, -0.25) is 0 Å². The van der Waals surface area contributed by atoms with Crippen molar-refractivity contribution in [2.24, 2.45) is 0 Å². The van der Waals surface area contributed by atoms with Gasteiger partial charge in [-0.15, -0.1) is 0 Å². The van der Waals surface area contributed by atoms with Crippen LogP contribution in [0.4, 0.5) is 0 Å². The van der Waals surface area contributed by atoms with Crippen molar-refractivity contribution in [3.8, 4) is 0 Å². The summed E-state index contributed by atoms with van der Waals surface area (Å²) in [6.45, 7) is 8.21. The Morgan fingerprint density at radius 3 is 1.42 bits per heavy atom. The van der Waals surface area contributed by atoms with E-state index in [1.54, 1.807) is 0 Å². The molecule has 2 heterocycles. The highest BCUT2D eigenvalue weighted by Gasteiger charge is 2.10. The predicted octanol–water partition coefficient (Wildman–Crippen LogP) is 5.61. The molecule has 0 N–H and O–H groups in total. The fourth-order valence-corrected chi connectivity index (χ4v) is 4.55. The van der Waals surface area contributed by atoms with Crippen molar-refractivity contribution >= 4 is 43.4 Å². The van der Waals surface area contributed by atoms with Gasteiger partial charge in [-0.05, 0) is 73.5 Å². The van der Waals surface area contributed by atoms with Gasteiger partial charge in [0.2, 0.25) is 0 Å². The van der Waals surface area contributed by atoms with Crippen LogP contribution in [0.5, 0.6) is 0 Å². The van der Waals surface area contributed by atoms with Gasteiger partial charge in [0.1, 0.15) is 0 Å². The van der Waals surface area contributed by atoms with Crippen molar-refractivity contribution in [1.82, 2.24) is 19.9 Å². The molecule has 0 amide bonds. The average molecular weight is 379 g/mol. The Bertz CT molecular complexity index is 1050. The molecule has 2 aromatic heterocycles. The minimum Gasteiger partial charge on any atom is -0.227 e. The molecule has 6 heteroatoms. The lowest BCUT2D eigenvalue weighted by Gasteiger charge is -2.07. The van der Waals surface area contributed by atoms with Crippen LogP contribution in [0.15, 0.2) is 46.7 Å². The van der Waals surface area contributed by atoms with Crippen LogP contribution >= 0.6 is 21.6 Å². The van der Waals surface area contributed by atoms with E-state index in [2.05, 4.69) is 58.0 Å². The zero-order chi connectivity index (χ0) is 18.3. The van der Waals surface area contributed by atoms with E-state index in [0.29, 0.717) is 0 Å². The highest BCUT2D eigenvalue weighted by Crippen LogP contribution is 2.35. The maximum Gasteiger partial charge on any atom is 0.199 e. The number of nitrogens with zero attached hydrogens (tertiary/aromatic N) is 4. The molecule has 0 spiro atoms. The van der Waals surface area contributed by atoms with E-state index in [9.17, 15) is 0 Å². The monoisotopic (exact) mass is 378 g/mol. The van der Waals surface area contributed by atoms with Crippen molar-refractivity contribution in [2.75, 3.05) is 0 Å². The first-order valence-electron chi connectivity index (χ1n) is 8.34. The van der Waals surface area contributed by atoms with Crippen LogP contribution in [0.25, 0.3) is 21.8 Å². The molecule has 0 unspecified atom stereocenters. The lowest BCUT2D eigenvalue weighted by Crippen LogP contribution is -1.94. The summed E-state index contributed by atoms with van der Waals surface area (Å²) in [5.41, 5.74) is 6.36. The first-order chi connectivity index (χ1) is 12.5. The number of aryl methyl sites for hydroxylation is 4. The summed E-state index contributed by atoms with van der Waals surface area (Å²) in [4.78, 5) is 18.6. The Morgan fingerprint density at radius 2 is 1.00 bits per heavy atom.